The highest BCUT2D eigenvalue weighted by Gasteiger charge is 2.48. The van der Waals surface area contributed by atoms with Gasteiger partial charge in [0.05, 0.1) is 36.7 Å². The first kappa shape index (κ1) is 22.7. The van der Waals surface area contributed by atoms with Crippen LogP contribution in [0, 0.1) is 0 Å². The maximum absolute atomic E-state index is 12.5. The minimum absolute atomic E-state index is 0.152. The van der Waals surface area contributed by atoms with E-state index in [1.807, 2.05) is 10.6 Å². The number of hydrogen-bond acceptors (Lipinski definition) is 6. The third-order valence-electron chi connectivity index (χ3n) is 7.63. The molecule has 4 aliphatic rings. The average Bonchev–Trinajstić information content (AvgIpc) is 3.43. The van der Waals surface area contributed by atoms with E-state index in [0.717, 1.165) is 66.6 Å². The summed E-state index contributed by atoms with van der Waals surface area (Å²) in [5, 5.41) is 6.94. The van der Waals surface area contributed by atoms with Crippen molar-refractivity contribution < 1.29 is 18.7 Å². The highest BCUT2D eigenvalue weighted by molar-refractivity contribution is 6.25. The fourth-order valence-electron chi connectivity index (χ4n) is 6.08. The van der Waals surface area contributed by atoms with Gasteiger partial charge in [-0.3, -0.25) is 4.90 Å². The Morgan fingerprint density at radius 2 is 2.14 bits per heavy atom. The number of furan rings is 1. The minimum Gasteiger partial charge on any atom is -0.461 e. The van der Waals surface area contributed by atoms with Crippen LogP contribution in [0.15, 0.2) is 16.7 Å². The molecule has 186 valence electrons. The summed E-state index contributed by atoms with van der Waals surface area (Å²) >= 11 is 6.77. The lowest BCUT2D eigenvalue weighted by atomic mass is 9.71. The molecule has 2 aromatic heterocycles. The molecule has 2 N–H and O–H groups in total. The summed E-state index contributed by atoms with van der Waals surface area (Å²) in [5.41, 5.74) is 1.90. The van der Waals surface area contributed by atoms with E-state index >= 15 is 0 Å². The molecule has 2 unspecified atom stereocenters. The first-order chi connectivity index (χ1) is 17.0. The van der Waals surface area contributed by atoms with Crippen LogP contribution >= 0.6 is 11.6 Å². The molecule has 2 aromatic rings. The van der Waals surface area contributed by atoms with E-state index in [-0.39, 0.29) is 23.4 Å². The summed E-state index contributed by atoms with van der Waals surface area (Å²) in [6.45, 7) is 4.93. The van der Waals surface area contributed by atoms with Crippen LogP contribution in [0.25, 0.3) is 11.6 Å². The molecule has 35 heavy (non-hydrogen) atoms. The SMILES string of the molecule is CCOC(=O)c1cn2c(n1)CN(Cc1cc3c(o1)=C1C(NC(=O)NC14CCCCC4)C(Cl)C=3)CC2. The molecular formula is C25H30ClN5O4. The van der Waals surface area contributed by atoms with E-state index in [1.165, 1.54) is 6.42 Å². The molecule has 1 saturated heterocycles. The number of alkyl halides is 1. The lowest BCUT2D eigenvalue weighted by Crippen LogP contribution is -2.68. The summed E-state index contributed by atoms with van der Waals surface area (Å²) < 4.78 is 13.6. The number of rotatable bonds is 4. The van der Waals surface area contributed by atoms with E-state index in [9.17, 15) is 9.59 Å². The normalized spacial score (nSPS) is 25.1. The number of esters is 1. The zero-order valence-electron chi connectivity index (χ0n) is 19.8. The van der Waals surface area contributed by atoms with Gasteiger partial charge in [-0.05, 0) is 25.8 Å². The molecule has 1 saturated carbocycles. The Morgan fingerprint density at radius 1 is 1.31 bits per heavy atom. The van der Waals surface area contributed by atoms with Crippen LogP contribution < -0.4 is 21.3 Å². The number of fused-ring (bicyclic) bond motifs is 4. The van der Waals surface area contributed by atoms with Crippen LogP contribution in [0.1, 0.15) is 61.1 Å². The number of carbonyl (C=O) groups excluding carboxylic acids is 2. The van der Waals surface area contributed by atoms with Gasteiger partial charge < -0.3 is 24.4 Å². The molecule has 6 rings (SSSR count). The van der Waals surface area contributed by atoms with Crippen molar-refractivity contribution in [1.82, 2.24) is 25.1 Å². The second-order valence-corrected chi connectivity index (χ2v) is 10.4. The number of amides is 2. The van der Waals surface area contributed by atoms with Crippen LogP contribution in [0.2, 0.25) is 0 Å². The van der Waals surface area contributed by atoms with Crippen molar-refractivity contribution in [3.63, 3.8) is 0 Å². The Bertz CT molecular complexity index is 1290. The second-order valence-electron chi connectivity index (χ2n) is 9.91. The number of ether oxygens (including phenoxy) is 1. The van der Waals surface area contributed by atoms with Gasteiger partial charge in [-0.1, -0.05) is 25.3 Å². The van der Waals surface area contributed by atoms with Gasteiger partial charge >= 0.3 is 12.0 Å². The molecule has 4 heterocycles. The van der Waals surface area contributed by atoms with E-state index in [4.69, 9.17) is 20.8 Å². The Hall–Kier alpha value is -2.78. The van der Waals surface area contributed by atoms with Crippen molar-refractivity contribution in [2.24, 2.45) is 0 Å². The lowest BCUT2D eigenvalue weighted by Gasteiger charge is -2.47. The van der Waals surface area contributed by atoms with Gasteiger partial charge in [0.2, 0.25) is 0 Å². The molecule has 0 aromatic carbocycles. The Kier molecular flexibility index (Phi) is 5.64. The number of hydrogen-bond donors (Lipinski definition) is 2. The number of aromatic nitrogens is 2. The van der Waals surface area contributed by atoms with E-state index < -0.39 is 5.54 Å². The maximum atomic E-state index is 12.5. The summed E-state index contributed by atoms with van der Waals surface area (Å²) in [7, 11) is 0. The highest BCUT2D eigenvalue weighted by Crippen LogP contribution is 2.40. The first-order valence-corrected chi connectivity index (χ1v) is 12.9. The Labute approximate surface area is 208 Å². The molecule has 2 aliphatic carbocycles. The monoisotopic (exact) mass is 499 g/mol. The van der Waals surface area contributed by atoms with E-state index in [2.05, 4.69) is 26.6 Å². The summed E-state index contributed by atoms with van der Waals surface area (Å²) in [4.78, 5) is 31.3. The number of carbonyl (C=O) groups is 2. The third kappa shape index (κ3) is 3.94. The number of urea groups is 1. The molecule has 2 aliphatic heterocycles. The summed E-state index contributed by atoms with van der Waals surface area (Å²) in [5.74, 6) is 1.32. The Balaban J connectivity index is 1.30. The van der Waals surface area contributed by atoms with E-state index in [1.54, 1.807) is 13.1 Å². The second kappa shape index (κ2) is 8.71. The summed E-state index contributed by atoms with van der Waals surface area (Å²) in [6, 6.07) is 1.66. The van der Waals surface area contributed by atoms with Crippen LogP contribution in [0.5, 0.6) is 0 Å². The van der Waals surface area contributed by atoms with Crippen molar-refractivity contribution in [3.05, 3.63) is 40.2 Å². The van der Waals surface area contributed by atoms with Crippen LogP contribution in [-0.4, -0.2) is 56.6 Å². The smallest absolute Gasteiger partial charge is 0.358 e. The first-order valence-electron chi connectivity index (χ1n) is 12.5. The molecule has 2 atom stereocenters. The van der Waals surface area contributed by atoms with Crippen molar-refractivity contribution >= 4 is 35.3 Å². The maximum Gasteiger partial charge on any atom is 0.358 e. The topological polar surface area (TPSA) is 102 Å². The van der Waals surface area contributed by atoms with Gasteiger partial charge in [0.15, 0.2) is 5.69 Å². The molecule has 9 nitrogen and oxygen atoms in total. The molecule has 2 fully saturated rings. The largest absolute Gasteiger partial charge is 0.461 e. The molecule has 2 amide bonds. The van der Waals surface area contributed by atoms with Gasteiger partial charge in [0, 0.05) is 30.1 Å². The lowest BCUT2D eigenvalue weighted by molar-refractivity contribution is 0.0519. The number of nitrogens with zero attached hydrogens (tertiary/aromatic N) is 3. The zero-order valence-corrected chi connectivity index (χ0v) is 20.6. The number of imidazole rings is 1. The minimum atomic E-state index is -0.393. The quantitative estimate of drug-likeness (QED) is 0.489. The summed E-state index contributed by atoms with van der Waals surface area (Å²) in [6.07, 6.45) is 8.91. The predicted molar refractivity (Wildman–Crippen MR) is 129 cm³/mol. The average molecular weight is 500 g/mol. The van der Waals surface area contributed by atoms with Crippen LogP contribution in [0.4, 0.5) is 4.79 Å². The van der Waals surface area contributed by atoms with Crippen molar-refractivity contribution in [2.45, 2.75) is 75.6 Å². The van der Waals surface area contributed by atoms with Crippen molar-refractivity contribution in [3.8, 4) is 0 Å². The van der Waals surface area contributed by atoms with Gasteiger partial charge in [0.1, 0.15) is 17.0 Å². The number of halogens is 1. The van der Waals surface area contributed by atoms with Gasteiger partial charge in [-0.25, -0.2) is 14.6 Å². The fourth-order valence-corrected chi connectivity index (χ4v) is 6.40. The van der Waals surface area contributed by atoms with Gasteiger partial charge in [0.25, 0.3) is 0 Å². The van der Waals surface area contributed by atoms with Gasteiger partial charge in [-0.15, -0.1) is 11.6 Å². The molecule has 1 spiro atoms. The molecule has 0 bridgehead atoms. The highest BCUT2D eigenvalue weighted by atomic mass is 35.5. The standard InChI is InChI=1S/C25H30ClN5O4/c1-2-34-23(32)18-13-31-9-8-30(14-19(31)27-18)12-16-10-15-11-17(26)21-20(22(15)35-16)25(29-24(33)28-21)6-4-3-5-7-25/h10-11,13,17,21H,2-9,12,14H2,1H3,(H2,28,29,33). The van der Waals surface area contributed by atoms with Gasteiger partial charge in [-0.2, -0.15) is 0 Å². The Morgan fingerprint density at radius 3 is 2.94 bits per heavy atom. The number of nitrogens with one attached hydrogen (secondary N) is 2. The predicted octanol–water partition coefficient (Wildman–Crippen LogP) is 1.61. The van der Waals surface area contributed by atoms with Crippen molar-refractivity contribution in [1.29, 1.82) is 0 Å². The fraction of sp³-hybridized carbons (Fsp3) is 0.560. The van der Waals surface area contributed by atoms with E-state index in [0.29, 0.717) is 25.4 Å². The zero-order chi connectivity index (χ0) is 24.2. The molecule has 10 heteroatoms. The third-order valence-corrected chi connectivity index (χ3v) is 8.01. The van der Waals surface area contributed by atoms with Crippen molar-refractivity contribution in [2.75, 3.05) is 13.2 Å². The molecule has 0 radical (unpaired) electrons. The molecular weight excluding hydrogens is 470 g/mol. The van der Waals surface area contributed by atoms with Crippen LogP contribution in [0.3, 0.4) is 0 Å². The van der Waals surface area contributed by atoms with Crippen LogP contribution in [-0.2, 0) is 24.4 Å².